The van der Waals surface area contributed by atoms with Crippen molar-refractivity contribution in [1.82, 2.24) is 19.2 Å². The standard InChI is InChI=1S/C26H28ClN3O3S4.C23H23ClN4O5S2/c27-20-5-1-18(2-6-20)25(31)28-17-23-9-10-24(36-23)37(32,33)30-13-11-22(12-14-30)29-21-7-3-19(4-8-21)26-34-15-16-35-26;24-17-4-2-5-19(14-17)26-18-9-11-27(12-10-18)35(32,33)22-8-7-21(34-22)15-25-23(29)16-3-1-6-20(13-16)28(30)31/h1-10,22,26,29H,11-17H2,(H,28,31);1-8,13-14,18,26H,9-12,15H2,(H,25,29). The summed E-state index contributed by atoms with van der Waals surface area (Å²) in [5, 5.41) is 24.6. The summed E-state index contributed by atoms with van der Waals surface area (Å²) in [5.74, 6) is 1.73. The van der Waals surface area contributed by atoms with Gasteiger partial charge in [0.05, 0.1) is 22.6 Å². The molecule has 3 aliphatic heterocycles. The number of carbonyl (C=O) groups excluding carboxylic acids is 2. The molecule has 3 aliphatic rings. The summed E-state index contributed by atoms with van der Waals surface area (Å²) in [6.07, 6.45) is 2.85. The van der Waals surface area contributed by atoms with Gasteiger partial charge < -0.3 is 21.3 Å². The molecule has 72 heavy (non-hydrogen) atoms. The lowest BCUT2D eigenvalue weighted by Gasteiger charge is -2.31. The van der Waals surface area contributed by atoms with Crippen LogP contribution in [0.1, 0.15) is 66.3 Å². The van der Waals surface area contributed by atoms with Crippen molar-refractivity contribution in [3.63, 3.8) is 0 Å². The van der Waals surface area contributed by atoms with Crippen LogP contribution >= 0.6 is 69.4 Å². The van der Waals surface area contributed by atoms with E-state index in [0.717, 1.165) is 40.4 Å². The van der Waals surface area contributed by atoms with Crippen LogP contribution < -0.4 is 21.3 Å². The normalized spacial score (nSPS) is 16.4. The van der Waals surface area contributed by atoms with Gasteiger partial charge in [0.15, 0.2) is 0 Å². The predicted molar refractivity (Wildman–Crippen MR) is 292 cm³/mol. The van der Waals surface area contributed by atoms with Gasteiger partial charge in [-0.1, -0.05) is 47.5 Å². The van der Waals surface area contributed by atoms with E-state index in [1.54, 1.807) is 58.9 Å². The van der Waals surface area contributed by atoms with Crippen LogP contribution in [0, 0.1) is 10.1 Å². The number of hydrogen-bond donors (Lipinski definition) is 4. The third-order valence-electron chi connectivity index (χ3n) is 12.0. The quantitative estimate of drug-likeness (QED) is 0.0529. The third-order valence-corrected chi connectivity index (χ3v) is 22.5. The number of nitrogens with zero attached hydrogens (tertiary/aromatic N) is 3. The number of thiophene rings is 2. The van der Waals surface area contributed by atoms with Crippen molar-refractivity contribution >= 4 is 118 Å². The van der Waals surface area contributed by atoms with E-state index in [2.05, 4.69) is 45.5 Å². The number of non-ortho nitro benzene ring substituents is 1. The van der Waals surface area contributed by atoms with Crippen molar-refractivity contribution in [2.75, 3.05) is 48.3 Å². The highest BCUT2D eigenvalue weighted by Crippen LogP contribution is 2.45. The second-order valence-corrected chi connectivity index (χ2v) is 27.2. The first-order valence-corrected chi connectivity index (χ1v) is 30.3. The Labute approximate surface area is 445 Å². The van der Waals surface area contributed by atoms with Gasteiger partial charge in [0.25, 0.3) is 37.5 Å². The first-order valence-electron chi connectivity index (χ1n) is 23.0. The number of nitro benzene ring substituents is 1. The molecule has 2 amide bonds. The Hall–Kier alpha value is -4.68. The average Bonchev–Trinajstić information content (AvgIpc) is 4.21. The number of sulfonamides is 2. The molecule has 380 valence electrons. The number of halogens is 2. The monoisotopic (exact) mass is 1130 g/mol. The maximum atomic E-state index is 13.2. The van der Waals surface area contributed by atoms with E-state index in [-0.39, 0.29) is 46.5 Å². The molecule has 0 saturated carbocycles. The van der Waals surface area contributed by atoms with Crippen LogP contribution in [-0.2, 0) is 33.1 Å². The van der Waals surface area contributed by atoms with Gasteiger partial charge >= 0.3 is 0 Å². The van der Waals surface area contributed by atoms with Crippen molar-refractivity contribution < 1.29 is 31.3 Å². The highest BCUT2D eigenvalue weighted by atomic mass is 35.5. The van der Waals surface area contributed by atoms with Gasteiger partial charge in [-0.25, -0.2) is 16.8 Å². The van der Waals surface area contributed by atoms with Gasteiger partial charge in [-0.3, -0.25) is 19.7 Å². The number of anilines is 2. The summed E-state index contributed by atoms with van der Waals surface area (Å²) in [5.41, 5.74) is 3.86. The zero-order valence-electron chi connectivity index (χ0n) is 38.6. The molecule has 0 unspecified atom stereocenters. The molecular formula is C49H51Cl2N7O8S6. The van der Waals surface area contributed by atoms with Crippen LogP contribution in [0.15, 0.2) is 130 Å². The van der Waals surface area contributed by atoms with Crippen LogP contribution in [0.2, 0.25) is 10.0 Å². The highest BCUT2D eigenvalue weighted by Gasteiger charge is 2.32. The molecule has 6 aromatic rings. The van der Waals surface area contributed by atoms with Gasteiger partial charge in [0.1, 0.15) is 8.42 Å². The fourth-order valence-corrected chi connectivity index (χ4v) is 17.2. The van der Waals surface area contributed by atoms with Gasteiger partial charge in [-0.05, 0) is 116 Å². The smallest absolute Gasteiger partial charge is 0.270 e. The van der Waals surface area contributed by atoms with Crippen LogP contribution in [-0.4, -0.2) is 92.0 Å². The van der Waals surface area contributed by atoms with Crippen LogP contribution in [0.5, 0.6) is 0 Å². The van der Waals surface area contributed by atoms with E-state index in [9.17, 15) is 36.5 Å². The molecule has 2 aromatic heterocycles. The summed E-state index contributed by atoms with van der Waals surface area (Å²) in [6, 6.07) is 35.2. The van der Waals surface area contributed by atoms with Crippen molar-refractivity contribution in [2.24, 2.45) is 0 Å². The molecule has 3 fully saturated rings. The number of piperidine rings is 2. The lowest BCUT2D eigenvalue weighted by atomic mass is 10.1. The molecule has 5 heterocycles. The molecule has 0 bridgehead atoms. The van der Waals surface area contributed by atoms with Crippen molar-refractivity contribution in [3.8, 4) is 0 Å². The van der Waals surface area contributed by atoms with Gasteiger partial charge in [0.2, 0.25) is 0 Å². The van der Waals surface area contributed by atoms with Gasteiger partial charge in [-0.2, -0.15) is 8.61 Å². The lowest BCUT2D eigenvalue weighted by Crippen LogP contribution is -2.42. The summed E-state index contributed by atoms with van der Waals surface area (Å²) >= 11 is 18.2. The number of nitrogens with one attached hydrogen (secondary N) is 4. The van der Waals surface area contributed by atoms with Crippen LogP contribution in [0.4, 0.5) is 17.1 Å². The number of benzene rings is 4. The summed E-state index contributed by atoms with van der Waals surface area (Å²) in [6.45, 7) is 2.15. The molecular weight excluding hydrogens is 1080 g/mol. The second kappa shape index (κ2) is 24.6. The van der Waals surface area contributed by atoms with Crippen LogP contribution in [0.25, 0.3) is 0 Å². The van der Waals surface area contributed by atoms with E-state index < -0.39 is 30.9 Å². The van der Waals surface area contributed by atoms with Crippen LogP contribution in [0.3, 0.4) is 0 Å². The number of amides is 2. The fraction of sp³-hybridized carbons (Fsp3) is 0.306. The first-order chi connectivity index (χ1) is 34.6. The summed E-state index contributed by atoms with van der Waals surface area (Å²) < 4.78 is 56.8. The minimum Gasteiger partial charge on any atom is -0.382 e. The third kappa shape index (κ3) is 14.1. The largest absolute Gasteiger partial charge is 0.382 e. The zero-order chi connectivity index (χ0) is 50.8. The van der Waals surface area contributed by atoms with Crippen molar-refractivity contribution in [3.05, 3.63) is 168 Å². The maximum Gasteiger partial charge on any atom is 0.270 e. The molecule has 23 heteroatoms. The molecule has 0 aliphatic carbocycles. The molecule has 0 radical (unpaired) electrons. The molecule has 9 rings (SSSR count). The Morgan fingerprint density at radius 1 is 0.597 bits per heavy atom. The number of rotatable bonds is 16. The maximum absolute atomic E-state index is 13.2. The number of carbonyl (C=O) groups is 2. The van der Waals surface area contributed by atoms with Crippen molar-refractivity contribution in [1.29, 1.82) is 0 Å². The molecule has 0 spiro atoms. The number of thioether (sulfide) groups is 2. The van der Waals surface area contributed by atoms with Crippen molar-refractivity contribution in [2.45, 2.75) is 63.9 Å². The average molecular weight is 1130 g/mol. The Morgan fingerprint density at radius 2 is 1.11 bits per heavy atom. The zero-order valence-corrected chi connectivity index (χ0v) is 45.0. The molecule has 4 aromatic carbocycles. The minimum absolute atomic E-state index is 0.118. The minimum atomic E-state index is -3.63. The van der Waals surface area contributed by atoms with E-state index in [1.807, 2.05) is 41.7 Å². The Kier molecular flexibility index (Phi) is 18.3. The fourth-order valence-electron chi connectivity index (χ4n) is 8.16. The van der Waals surface area contributed by atoms with E-state index in [4.69, 9.17) is 23.2 Å². The topological polar surface area (TPSA) is 200 Å². The van der Waals surface area contributed by atoms with E-state index in [0.29, 0.717) is 68.3 Å². The summed E-state index contributed by atoms with van der Waals surface area (Å²) in [4.78, 5) is 36.5. The van der Waals surface area contributed by atoms with E-state index >= 15 is 0 Å². The van der Waals surface area contributed by atoms with Gasteiger partial charge in [-0.15, -0.1) is 46.2 Å². The number of nitro groups is 1. The Balaban J connectivity index is 0.000000193. The lowest BCUT2D eigenvalue weighted by molar-refractivity contribution is -0.384. The summed E-state index contributed by atoms with van der Waals surface area (Å²) in [7, 11) is -7.19. The SMILES string of the molecule is O=C(NCc1ccc(S(=O)(=O)N2CCC(Nc3ccc(C4SCCS4)cc3)CC2)s1)c1ccc(Cl)cc1.O=C(NCc1ccc(S(=O)(=O)N2CCC(Nc3cccc(Cl)c3)CC2)s1)c1cccc([N+](=O)[O-])c1. The Morgan fingerprint density at radius 3 is 1.64 bits per heavy atom. The van der Waals surface area contributed by atoms with E-state index in [1.165, 1.54) is 57.0 Å². The second-order valence-electron chi connectivity index (χ2n) is 17.0. The highest BCUT2D eigenvalue weighted by molar-refractivity contribution is 8.19. The predicted octanol–water partition coefficient (Wildman–Crippen LogP) is 10.6. The molecule has 15 nitrogen and oxygen atoms in total. The number of hydrogen-bond acceptors (Lipinski definition) is 14. The Bertz CT molecular complexity index is 3070. The van der Waals surface area contributed by atoms with Gasteiger partial charge in [0, 0.05) is 104 Å². The molecule has 4 N–H and O–H groups in total. The first kappa shape index (κ1) is 53.6. The molecule has 0 atom stereocenters. The molecule has 3 saturated heterocycles.